The molecule has 0 bridgehead atoms. The molecule has 4 heterocycles. The normalized spacial score (nSPS) is 19.1. The highest BCUT2D eigenvalue weighted by Crippen LogP contribution is 2.38. The van der Waals surface area contributed by atoms with Gasteiger partial charge < -0.3 is 9.47 Å². The van der Waals surface area contributed by atoms with Crippen LogP contribution in [0.15, 0.2) is 30.9 Å². The van der Waals surface area contributed by atoms with Gasteiger partial charge in [-0.3, -0.25) is 4.98 Å². The van der Waals surface area contributed by atoms with Crippen LogP contribution in [0.4, 0.5) is 5.82 Å². The Morgan fingerprint density at radius 1 is 0.958 bits per heavy atom. The molecule has 5 rings (SSSR count). The molecular weight excluding hydrogens is 302 g/mol. The summed E-state index contributed by atoms with van der Waals surface area (Å²) < 4.78 is 2.30. The zero-order chi connectivity index (χ0) is 15.9. The predicted octanol–water partition coefficient (Wildman–Crippen LogP) is 2.34. The number of pyridine rings is 1. The SMILES string of the molecule is c1cnc2nc(N3CCC(c4nncn4C4CC4)CC3)ccc2n1. The topological polar surface area (TPSA) is 72.6 Å². The van der Waals surface area contributed by atoms with Crippen LogP contribution >= 0.6 is 0 Å². The average Bonchev–Trinajstić information content (AvgIpc) is 3.38. The quantitative estimate of drug-likeness (QED) is 0.737. The van der Waals surface area contributed by atoms with E-state index in [1.807, 2.05) is 18.5 Å². The van der Waals surface area contributed by atoms with E-state index in [4.69, 9.17) is 0 Å². The first-order valence-electron chi connectivity index (χ1n) is 8.60. The second-order valence-corrected chi connectivity index (χ2v) is 6.66. The molecule has 0 N–H and O–H groups in total. The Hall–Kier alpha value is -2.57. The van der Waals surface area contributed by atoms with Gasteiger partial charge in [0, 0.05) is 37.4 Å². The highest BCUT2D eigenvalue weighted by Gasteiger charge is 2.31. The monoisotopic (exact) mass is 321 g/mol. The molecule has 3 aromatic heterocycles. The van der Waals surface area contributed by atoms with Crippen LogP contribution in [0.5, 0.6) is 0 Å². The lowest BCUT2D eigenvalue weighted by Gasteiger charge is -2.32. The molecule has 1 saturated heterocycles. The Morgan fingerprint density at radius 2 is 1.79 bits per heavy atom. The summed E-state index contributed by atoms with van der Waals surface area (Å²) in [6.07, 6.45) is 10.0. The molecule has 1 aliphatic heterocycles. The molecule has 7 heteroatoms. The van der Waals surface area contributed by atoms with E-state index in [9.17, 15) is 0 Å². The number of aromatic nitrogens is 6. The van der Waals surface area contributed by atoms with Crippen molar-refractivity contribution in [3.05, 3.63) is 36.7 Å². The van der Waals surface area contributed by atoms with Gasteiger partial charge in [0.1, 0.15) is 23.5 Å². The fourth-order valence-corrected chi connectivity index (χ4v) is 3.57. The highest BCUT2D eigenvalue weighted by atomic mass is 15.3. The summed E-state index contributed by atoms with van der Waals surface area (Å²) in [7, 11) is 0. The van der Waals surface area contributed by atoms with Crippen molar-refractivity contribution in [3.8, 4) is 0 Å². The third-order valence-electron chi connectivity index (χ3n) is 5.04. The van der Waals surface area contributed by atoms with Crippen molar-refractivity contribution in [2.24, 2.45) is 0 Å². The molecular formula is C17H19N7. The van der Waals surface area contributed by atoms with Crippen LogP contribution in [0.3, 0.4) is 0 Å². The van der Waals surface area contributed by atoms with E-state index < -0.39 is 0 Å². The Bertz CT molecular complexity index is 862. The van der Waals surface area contributed by atoms with E-state index in [-0.39, 0.29) is 0 Å². The number of nitrogens with zero attached hydrogens (tertiary/aromatic N) is 7. The average molecular weight is 321 g/mol. The third-order valence-corrected chi connectivity index (χ3v) is 5.04. The predicted molar refractivity (Wildman–Crippen MR) is 89.8 cm³/mol. The van der Waals surface area contributed by atoms with Gasteiger partial charge in [-0.2, -0.15) is 0 Å². The molecule has 3 aromatic rings. The Balaban J connectivity index is 1.33. The summed E-state index contributed by atoms with van der Waals surface area (Å²) in [6.45, 7) is 1.97. The number of fused-ring (bicyclic) bond motifs is 1. The maximum Gasteiger partial charge on any atom is 0.180 e. The van der Waals surface area contributed by atoms with Gasteiger partial charge >= 0.3 is 0 Å². The summed E-state index contributed by atoms with van der Waals surface area (Å²) in [5.74, 6) is 2.67. The van der Waals surface area contributed by atoms with Crippen molar-refractivity contribution in [1.82, 2.24) is 29.7 Å². The van der Waals surface area contributed by atoms with E-state index in [1.165, 1.54) is 18.7 Å². The lowest BCUT2D eigenvalue weighted by Crippen LogP contribution is -2.34. The molecule has 2 aliphatic rings. The molecule has 24 heavy (non-hydrogen) atoms. The third kappa shape index (κ3) is 2.40. The molecule has 0 spiro atoms. The zero-order valence-electron chi connectivity index (χ0n) is 13.4. The van der Waals surface area contributed by atoms with E-state index in [0.717, 1.165) is 37.3 Å². The van der Waals surface area contributed by atoms with Crippen LogP contribution in [0, 0.1) is 0 Å². The van der Waals surface area contributed by atoms with Crippen molar-refractivity contribution < 1.29 is 0 Å². The van der Waals surface area contributed by atoms with Crippen LogP contribution in [0.1, 0.15) is 43.5 Å². The minimum absolute atomic E-state index is 0.504. The van der Waals surface area contributed by atoms with E-state index >= 15 is 0 Å². The Morgan fingerprint density at radius 3 is 2.62 bits per heavy atom. The minimum Gasteiger partial charge on any atom is -0.356 e. The first-order chi connectivity index (χ1) is 11.9. The van der Waals surface area contributed by atoms with Gasteiger partial charge in [0.2, 0.25) is 0 Å². The molecule has 0 aromatic carbocycles. The van der Waals surface area contributed by atoms with Crippen molar-refractivity contribution in [1.29, 1.82) is 0 Å². The van der Waals surface area contributed by atoms with Gasteiger partial charge in [0.15, 0.2) is 5.65 Å². The van der Waals surface area contributed by atoms with E-state index in [1.54, 1.807) is 12.4 Å². The lowest BCUT2D eigenvalue weighted by atomic mass is 9.96. The first-order valence-corrected chi connectivity index (χ1v) is 8.60. The van der Waals surface area contributed by atoms with Crippen LogP contribution in [0.2, 0.25) is 0 Å². The van der Waals surface area contributed by atoms with Crippen molar-refractivity contribution in [2.45, 2.75) is 37.6 Å². The molecule has 0 radical (unpaired) electrons. The smallest absolute Gasteiger partial charge is 0.180 e. The van der Waals surface area contributed by atoms with Crippen LogP contribution < -0.4 is 4.90 Å². The number of piperidine rings is 1. The van der Waals surface area contributed by atoms with Crippen molar-refractivity contribution in [2.75, 3.05) is 18.0 Å². The van der Waals surface area contributed by atoms with Crippen molar-refractivity contribution in [3.63, 3.8) is 0 Å². The molecule has 2 fully saturated rings. The first kappa shape index (κ1) is 13.8. The summed E-state index contributed by atoms with van der Waals surface area (Å²) in [4.78, 5) is 15.6. The number of rotatable bonds is 3. The molecule has 1 saturated carbocycles. The highest BCUT2D eigenvalue weighted by molar-refractivity contribution is 5.71. The summed E-state index contributed by atoms with van der Waals surface area (Å²) in [5.41, 5.74) is 1.55. The fourth-order valence-electron chi connectivity index (χ4n) is 3.57. The summed E-state index contributed by atoms with van der Waals surface area (Å²) >= 11 is 0. The Labute approximate surface area is 139 Å². The summed E-state index contributed by atoms with van der Waals surface area (Å²) in [5, 5.41) is 8.54. The molecule has 7 nitrogen and oxygen atoms in total. The molecule has 122 valence electrons. The molecule has 0 atom stereocenters. The van der Waals surface area contributed by atoms with Gasteiger partial charge in [-0.25, -0.2) is 9.97 Å². The number of anilines is 1. The number of hydrogen-bond acceptors (Lipinski definition) is 6. The molecule has 0 amide bonds. The standard InChI is InChI=1S/C17H19N7/c1-2-13(1)24-11-20-22-17(24)12-5-9-23(10-6-12)15-4-3-14-16(21-15)19-8-7-18-14/h3-4,7-8,11-13H,1-2,5-6,9-10H2. The molecule has 1 aliphatic carbocycles. The van der Waals surface area contributed by atoms with Gasteiger partial charge in [0.05, 0.1) is 0 Å². The van der Waals surface area contributed by atoms with Crippen molar-refractivity contribution >= 4 is 17.0 Å². The second kappa shape index (κ2) is 5.51. The number of hydrogen-bond donors (Lipinski definition) is 0. The summed E-state index contributed by atoms with van der Waals surface area (Å²) in [6, 6.07) is 4.69. The van der Waals surface area contributed by atoms with Gasteiger partial charge in [-0.15, -0.1) is 10.2 Å². The largest absolute Gasteiger partial charge is 0.356 e. The minimum atomic E-state index is 0.504. The lowest BCUT2D eigenvalue weighted by molar-refractivity contribution is 0.463. The Kier molecular flexibility index (Phi) is 3.17. The van der Waals surface area contributed by atoms with Crippen LogP contribution in [0.25, 0.3) is 11.2 Å². The van der Waals surface area contributed by atoms with Gasteiger partial charge in [-0.1, -0.05) is 0 Å². The zero-order valence-corrected chi connectivity index (χ0v) is 13.4. The van der Waals surface area contributed by atoms with Gasteiger partial charge in [0.25, 0.3) is 0 Å². The van der Waals surface area contributed by atoms with Crippen LogP contribution in [-0.4, -0.2) is 42.8 Å². The maximum atomic E-state index is 4.66. The van der Waals surface area contributed by atoms with Gasteiger partial charge in [-0.05, 0) is 37.8 Å². The maximum absolute atomic E-state index is 4.66. The van der Waals surface area contributed by atoms with E-state index in [0.29, 0.717) is 17.6 Å². The van der Waals surface area contributed by atoms with Crippen LogP contribution in [-0.2, 0) is 0 Å². The van der Waals surface area contributed by atoms with E-state index in [2.05, 4.69) is 34.6 Å². The fraction of sp³-hybridized carbons (Fsp3) is 0.471. The second-order valence-electron chi connectivity index (χ2n) is 6.66. The molecule has 0 unspecified atom stereocenters.